The van der Waals surface area contributed by atoms with E-state index >= 15 is 4.39 Å². The number of hydrogen-bond acceptors (Lipinski definition) is 7. The van der Waals surface area contributed by atoms with Gasteiger partial charge in [0, 0.05) is 87.1 Å². The lowest BCUT2D eigenvalue weighted by Gasteiger charge is -2.40. The van der Waals surface area contributed by atoms with Crippen molar-refractivity contribution in [3.05, 3.63) is 112 Å². The maximum Gasteiger partial charge on any atom is 0.251 e. The van der Waals surface area contributed by atoms with E-state index in [4.69, 9.17) is 9.47 Å². The Morgan fingerprint density at radius 1 is 0.898 bits per heavy atom. The third-order valence-electron chi connectivity index (χ3n) is 11.0. The number of rotatable bonds is 7. The summed E-state index contributed by atoms with van der Waals surface area (Å²) in [5, 5.41) is 13.1. The van der Waals surface area contributed by atoms with Gasteiger partial charge in [-0.3, -0.25) is 9.69 Å². The predicted molar refractivity (Wildman–Crippen MR) is 189 cm³/mol. The van der Waals surface area contributed by atoms with Gasteiger partial charge in [0.15, 0.2) is 0 Å². The van der Waals surface area contributed by atoms with E-state index in [1.807, 2.05) is 36.4 Å². The molecule has 254 valence electrons. The summed E-state index contributed by atoms with van der Waals surface area (Å²) in [6.07, 6.45) is 2.09. The van der Waals surface area contributed by atoms with Crippen molar-refractivity contribution in [2.24, 2.45) is 5.92 Å². The first-order valence-corrected chi connectivity index (χ1v) is 17.5. The van der Waals surface area contributed by atoms with Gasteiger partial charge < -0.3 is 29.7 Å². The highest BCUT2D eigenvalue weighted by Gasteiger charge is 2.35. The molecule has 0 aromatic heterocycles. The highest BCUT2D eigenvalue weighted by Crippen LogP contribution is 2.48. The zero-order valence-electron chi connectivity index (χ0n) is 27.9. The number of nitrogens with zero attached hydrogens (tertiary/aromatic N) is 3. The zero-order valence-corrected chi connectivity index (χ0v) is 27.9. The number of piperidine rings is 1. The quantitative estimate of drug-likeness (QED) is 0.247. The highest BCUT2D eigenvalue weighted by molar-refractivity contribution is 5.98. The Bertz CT molecular complexity index is 1850. The number of phenols is 1. The number of phenolic OH excluding ortho intramolecular Hbond substituents is 1. The third-order valence-corrected chi connectivity index (χ3v) is 11.0. The van der Waals surface area contributed by atoms with Gasteiger partial charge in [-0.1, -0.05) is 24.3 Å². The minimum Gasteiger partial charge on any atom is -0.508 e. The summed E-state index contributed by atoms with van der Waals surface area (Å²) in [4.78, 5) is 19.1. The SMILES string of the molecule is COc1cccc([C@H]2COc3cc(O)ccc3[C@H]2c2ccc(N3CCC(CN4CCN(c5ccc6c(c5)CNC6=O)CC4)CC3)c(F)c2)c1. The molecule has 8 rings (SSSR count). The van der Waals surface area contributed by atoms with E-state index < -0.39 is 0 Å². The molecular formula is C40H43FN4O4. The lowest BCUT2D eigenvalue weighted by atomic mass is 9.75. The normalized spacial score (nSPS) is 21.1. The summed E-state index contributed by atoms with van der Waals surface area (Å²) in [5.74, 6) is 1.79. The molecule has 1 amide bonds. The summed E-state index contributed by atoms with van der Waals surface area (Å²) in [7, 11) is 1.66. The summed E-state index contributed by atoms with van der Waals surface area (Å²) in [6, 6.07) is 25.1. The maximum absolute atomic E-state index is 16.1. The van der Waals surface area contributed by atoms with Crippen LogP contribution in [0.5, 0.6) is 17.2 Å². The number of methoxy groups -OCH3 is 1. The average molecular weight is 663 g/mol. The number of aromatic hydroxyl groups is 1. The summed E-state index contributed by atoms with van der Waals surface area (Å²) in [6.45, 7) is 7.80. The van der Waals surface area contributed by atoms with E-state index in [1.54, 1.807) is 25.3 Å². The number of fused-ring (bicyclic) bond motifs is 2. The summed E-state index contributed by atoms with van der Waals surface area (Å²) >= 11 is 0. The van der Waals surface area contributed by atoms with Crippen LogP contribution < -0.4 is 24.6 Å². The Morgan fingerprint density at radius 2 is 1.73 bits per heavy atom. The number of amides is 1. The van der Waals surface area contributed by atoms with Crippen molar-refractivity contribution in [1.29, 1.82) is 0 Å². The number of ether oxygens (including phenoxy) is 2. The van der Waals surface area contributed by atoms with Gasteiger partial charge >= 0.3 is 0 Å². The number of carbonyl (C=O) groups excluding carboxylic acids is 1. The van der Waals surface area contributed by atoms with Crippen LogP contribution in [-0.4, -0.2) is 75.4 Å². The Kier molecular flexibility index (Phi) is 8.53. The lowest BCUT2D eigenvalue weighted by molar-refractivity contribution is 0.0965. The van der Waals surface area contributed by atoms with Gasteiger partial charge in [0.1, 0.15) is 23.1 Å². The molecule has 2 fully saturated rings. The molecule has 4 aliphatic heterocycles. The molecule has 0 radical (unpaired) electrons. The van der Waals surface area contributed by atoms with Gasteiger partial charge in [-0.25, -0.2) is 4.39 Å². The molecule has 2 atom stereocenters. The second-order valence-corrected chi connectivity index (χ2v) is 13.8. The molecule has 4 heterocycles. The number of piperazine rings is 1. The Labute approximate surface area is 287 Å². The lowest BCUT2D eigenvalue weighted by Crippen LogP contribution is -2.49. The van der Waals surface area contributed by atoms with Crippen molar-refractivity contribution in [3.8, 4) is 17.2 Å². The smallest absolute Gasteiger partial charge is 0.251 e. The zero-order chi connectivity index (χ0) is 33.5. The Morgan fingerprint density at radius 3 is 2.53 bits per heavy atom. The maximum atomic E-state index is 16.1. The Balaban J connectivity index is 0.910. The van der Waals surface area contributed by atoms with Crippen LogP contribution in [0.15, 0.2) is 78.9 Å². The first kappa shape index (κ1) is 31.5. The van der Waals surface area contributed by atoms with Gasteiger partial charge in [0.05, 0.1) is 19.4 Å². The van der Waals surface area contributed by atoms with Gasteiger partial charge in [0.25, 0.3) is 5.91 Å². The molecule has 4 aliphatic rings. The number of halogens is 1. The highest BCUT2D eigenvalue weighted by atomic mass is 19.1. The van der Waals surface area contributed by atoms with Crippen molar-refractivity contribution >= 4 is 17.3 Å². The first-order chi connectivity index (χ1) is 23.9. The summed E-state index contributed by atoms with van der Waals surface area (Å²) < 4.78 is 27.7. The fourth-order valence-electron chi connectivity index (χ4n) is 8.27. The van der Waals surface area contributed by atoms with E-state index in [9.17, 15) is 9.90 Å². The van der Waals surface area contributed by atoms with Crippen molar-refractivity contribution in [2.75, 3.05) is 69.3 Å². The number of anilines is 2. The first-order valence-electron chi connectivity index (χ1n) is 17.5. The average Bonchev–Trinajstić information content (AvgIpc) is 3.51. The van der Waals surface area contributed by atoms with Crippen LogP contribution in [-0.2, 0) is 6.54 Å². The van der Waals surface area contributed by atoms with E-state index in [0.717, 1.165) is 92.2 Å². The van der Waals surface area contributed by atoms with Gasteiger partial charge in [-0.05, 0) is 84.0 Å². The second kappa shape index (κ2) is 13.3. The van der Waals surface area contributed by atoms with E-state index in [-0.39, 0.29) is 29.3 Å². The van der Waals surface area contributed by atoms with Crippen molar-refractivity contribution < 1.29 is 23.8 Å². The molecule has 0 spiro atoms. The van der Waals surface area contributed by atoms with Crippen LogP contribution in [0, 0.1) is 11.7 Å². The molecular weight excluding hydrogens is 619 g/mol. The molecule has 0 unspecified atom stereocenters. The van der Waals surface area contributed by atoms with E-state index in [1.165, 1.54) is 5.69 Å². The molecule has 49 heavy (non-hydrogen) atoms. The molecule has 2 saturated heterocycles. The van der Waals surface area contributed by atoms with Gasteiger partial charge in [-0.2, -0.15) is 0 Å². The van der Waals surface area contributed by atoms with Crippen LogP contribution in [0.3, 0.4) is 0 Å². The third kappa shape index (κ3) is 6.28. The fourth-order valence-corrected chi connectivity index (χ4v) is 8.27. The summed E-state index contributed by atoms with van der Waals surface area (Å²) in [5.41, 5.74) is 6.65. The molecule has 0 aliphatic carbocycles. The molecule has 0 saturated carbocycles. The molecule has 4 aromatic rings. The van der Waals surface area contributed by atoms with Crippen LogP contribution >= 0.6 is 0 Å². The minimum absolute atomic E-state index is 0.0273. The van der Waals surface area contributed by atoms with Crippen LogP contribution in [0.4, 0.5) is 15.8 Å². The second-order valence-electron chi connectivity index (χ2n) is 13.8. The van der Waals surface area contributed by atoms with Crippen molar-refractivity contribution in [1.82, 2.24) is 10.2 Å². The number of benzene rings is 4. The largest absolute Gasteiger partial charge is 0.508 e. The van der Waals surface area contributed by atoms with Gasteiger partial charge in [0.2, 0.25) is 0 Å². The van der Waals surface area contributed by atoms with Crippen molar-refractivity contribution in [3.63, 3.8) is 0 Å². The van der Waals surface area contributed by atoms with Crippen LogP contribution in [0.1, 0.15) is 57.3 Å². The fraction of sp³-hybridized carbons (Fsp3) is 0.375. The van der Waals surface area contributed by atoms with Crippen LogP contribution in [0.2, 0.25) is 0 Å². The standard InChI is InChI=1S/C40H43FN4O4/c1-48-32-4-2-3-27(20-32)35-25-49-38-22-31(46)7-9-34(38)39(35)28-5-10-37(36(41)21-28)45-13-11-26(12-14-45)24-43-15-17-44(18-16-43)30-6-8-33-29(19-30)23-42-40(33)47/h2-10,19-22,26,35,39,46H,11-18,23-25H2,1H3,(H,42,47)/t35-,39-/m1/s1. The molecule has 9 heteroatoms. The monoisotopic (exact) mass is 662 g/mol. The van der Waals surface area contributed by atoms with E-state index in [2.05, 4.69) is 44.3 Å². The number of hydrogen-bond donors (Lipinski definition) is 2. The minimum atomic E-state index is -0.199. The molecule has 8 nitrogen and oxygen atoms in total. The van der Waals surface area contributed by atoms with Crippen molar-refractivity contribution in [2.45, 2.75) is 31.2 Å². The Hall–Kier alpha value is -4.76. The molecule has 4 aromatic carbocycles. The predicted octanol–water partition coefficient (Wildman–Crippen LogP) is 6.13. The van der Waals surface area contributed by atoms with E-state index in [0.29, 0.717) is 30.5 Å². The van der Waals surface area contributed by atoms with Gasteiger partial charge in [-0.15, -0.1) is 0 Å². The molecule has 0 bridgehead atoms. The number of carbonyl (C=O) groups is 1. The molecule has 2 N–H and O–H groups in total. The number of nitrogens with one attached hydrogen (secondary N) is 1. The van der Waals surface area contributed by atoms with Crippen LogP contribution in [0.25, 0.3) is 0 Å². The topological polar surface area (TPSA) is 77.5 Å².